The van der Waals surface area contributed by atoms with Crippen LogP contribution < -0.4 is 21.7 Å². The molecular weight excluding hydrogens is 408 g/mol. The van der Waals surface area contributed by atoms with E-state index < -0.39 is 5.91 Å². The lowest BCUT2D eigenvalue weighted by Gasteiger charge is -2.38. The van der Waals surface area contributed by atoms with Crippen molar-refractivity contribution in [3.05, 3.63) is 39.9 Å². The number of nitrogens with one attached hydrogen (secondary N) is 1. The van der Waals surface area contributed by atoms with Crippen molar-refractivity contribution in [1.82, 2.24) is 5.32 Å². The first kappa shape index (κ1) is 21.4. The highest BCUT2D eigenvalue weighted by Gasteiger charge is 2.26. The molecule has 0 saturated heterocycles. The van der Waals surface area contributed by atoms with Crippen molar-refractivity contribution in [2.24, 2.45) is 11.5 Å². The van der Waals surface area contributed by atoms with Crippen LogP contribution in [0.4, 0.5) is 5.69 Å². The minimum Gasteiger partial charge on any atom is -0.369 e. The van der Waals surface area contributed by atoms with Gasteiger partial charge in [-0.05, 0) is 57.2 Å². The monoisotopic (exact) mass is 436 g/mol. The molecule has 0 unspecified atom stereocenters. The SMILES string of the molecule is C=C(CNC(=O)c1cc(Br)cc(N(CC)C2CCC(N)CC2)c1C)C(N)=O. The average Bonchev–Trinajstić information content (AvgIpc) is 2.63. The highest BCUT2D eigenvalue weighted by Crippen LogP contribution is 2.33. The summed E-state index contributed by atoms with van der Waals surface area (Å²) in [6.45, 7) is 8.55. The van der Waals surface area contributed by atoms with Crippen LogP contribution in [0.2, 0.25) is 0 Å². The molecule has 0 spiro atoms. The summed E-state index contributed by atoms with van der Waals surface area (Å²) in [4.78, 5) is 26.1. The van der Waals surface area contributed by atoms with Crippen LogP contribution in [0.1, 0.15) is 48.5 Å². The number of primary amides is 1. The highest BCUT2D eigenvalue weighted by molar-refractivity contribution is 9.10. The molecule has 7 heteroatoms. The van der Waals surface area contributed by atoms with E-state index in [0.717, 1.165) is 48.0 Å². The number of rotatable bonds is 7. The average molecular weight is 437 g/mol. The molecule has 1 aromatic carbocycles. The van der Waals surface area contributed by atoms with Gasteiger partial charge in [-0.25, -0.2) is 0 Å². The summed E-state index contributed by atoms with van der Waals surface area (Å²) in [7, 11) is 0. The second kappa shape index (κ2) is 9.37. The molecule has 1 aromatic rings. The first-order valence-corrected chi connectivity index (χ1v) is 10.1. The summed E-state index contributed by atoms with van der Waals surface area (Å²) in [5.74, 6) is -0.867. The molecule has 0 radical (unpaired) electrons. The maximum absolute atomic E-state index is 12.7. The lowest BCUT2D eigenvalue weighted by atomic mass is 9.90. The van der Waals surface area contributed by atoms with Crippen LogP contribution in [0, 0.1) is 6.92 Å². The fourth-order valence-electron chi connectivity index (χ4n) is 3.61. The Balaban J connectivity index is 2.26. The normalized spacial score (nSPS) is 19.4. The van der Waals surface area contributed by atoms with Gasteiger partial charge < -0.3 is 21.7 Å². The molecule has 1 aliphatic carbocycles. The maximum atomic E-state index is 12.7. The van der Waals surface area contributed by atoms with Crippen LogP contribution in [-0.4, -0.2) is 37.0 Å². The second-order valence-electron chi connectivity index (χ2n) is 7.10. The largest absolute Gasteiger partial charge is 0.369 e. The van der Waals surface area contributed by atoms with Crippen molar-refractivity contribution in [1.29, 1.82) is 0 Å². The Hall–Kier alpha value is -1.86. The van der Waals surface area contributed by atoms with Gasteiger partial charge in [0, 0.05) is 46.5 Å². The first-order valence-electron chi connectivity index (χ1n) is 9.32. The van der Waals surface area contributed by atoms with Crippen molar-refractivity contribution in [3.8, 4) is 0 Å². The highest BCUT2D eigenvalue weighted by atomic mass is 79.9. The van der Waals surface area contributed by atoms with E-state index in [1.54, 1.807) is 6.07 Å². The Morgan fingerprint density at radius 3 is 2.48 bits per heavy atom. The molecule has 148 valence electrons. The van der Waals surface area contributed by atoms with Gasteiger partial charge in [-0.1, -0.05) is 22.5 Å². The van der Waals surface area contributed by atoms with Gasteiger partial charge in [-0.15, -0.1) is 0 Å². The molecule has 1 saturated carbocycles. The molecule has 0 bridgehead atoms. The van der Waals surface area contributed by atoms with Crippen LogP contribution in [0.3, 0.4) is 0 Å². The Bertz CT molecular complexity index is 727. The standard InChI is InChI=1S/C20H29BrN4O2/c1-4-25(16-7-5-15(22)6-8-16)18-10-14(21)9-17(13(18)3)20(27)24-11-12(2)19(23)26/h9-10,15-16H,2,4-8,11,22H2,1,3H3,(H2,23,26)(H,24,27). The van der Waals surface area contributed by atoms with Gasteiger partial charge in [0.1, 0.15) is 0 Å². The lowest BCUT2D eigenvalue weighted by Crippen LogP contribution is -2.41. The quantitative estimate of drug-likeness (QED) is 0.571. The number of carbonyl (C=O) groups is 2. The molecule has 1 aliphatic rings. The minimum absolute atomic E-state index is 0.0352. The zero-order valence-electron chi connectivity index (χ0n) is 16.1. The third-order valence-corrected chi connectivity index (χ3v) is 5.69. The van der Waals surface area contributed by atoms with Crippen molar-refractivity contribution in [3.63, 3.8) is 0 Å². The molecule has 2 amide bonds. The molecule has 5 N–H and O–H groups in total. The van der Waals surface area contributed by atoms with E-state index in [4.69, 9.17) is 11.5 Å². The molecule has 27 heavy (non-hydrogen) atoms. The van der Waals surface area contributed by atoms with E-state index >= 15 is 0 Å². The Morgan fingerprint density at radius 2 is 1.93 bits per heavy atom. The van der Waals surface area contributed by atoms with Crippen LogP contribution in [-0.2, 0) is 4.79 Å². The minimum atomic E-state index is -0.616. The van der Waals surface area contributed by atoms with E-state index in [1.807, 2.05) is 6.92 Å². The number of nitrogens with zero attached hydrogens (tertiary/aromatic N) is 1. The van der Waals surface area contributed by atoms with Crippen LogP contribution >= 0.6 is 15.9 Å². The summed E-state index contributed by atoms with van der Waals surface area (Å²) in [6.07, 6.45) is 4.16. The zero-order chi connectivity index (χ0) is 20.1. The summed E-state index contributed by atoms with van der Waals surface area (Å²) in [6, 6.07) is 4.58. The molecule has 1 fully saturated rings. The van der Waals surface area contributed by atoms with E-state index in [2.05, 4.69) is 45.7 Å². The molecule has 2 rings (SSSR count). The smallest absolute Gasteiger partial charge is 0.251 e. The van der Waals surface area contributed by atoms with Gasteiger partial charge in [0.05, 0.1) is 0 Å². The number of hydrogen-bond acceptors (Lipinski definition) is 4. The number of nitrogens with two attached hydrogens (primary N) is 2. The van der Waals surface area contributed by atoms with Crippen molar-refractivity contribution < 1.29 is 9.59 Å². The molecule has 0 aliphatic heterocycles. The van der Waals surface area contributed by atoms with E-state index in [1.165, 1.54) is 0 Å². The zero-order valence-corrected chi connectivity index (χ0v) is 17.6. The van der Waals surface area contributed by atoms with Gasteiger partial charge in [-0.3, -0.25) is 9.59 Å². The maximum Gasteiger partial charge on any atom is 0.251 e. The van der Waals surface area contributed by atoms with Crippen LogP contribution in [0.5, 0.6) is 0 Å². The molecule has 0 atom stereocenters. The van der Waals surface area contributed by atoms with Gasteiger partial charge in [0.15, 0.2) is 0 Å². The summed E-state index contributed by atoms with van der Waals surface area (Å²) in [5, 5.41) is 2.72. The van der Waals surface area contributed by atoms with Gasteiger partial charge in [0.25, 0.3) is 5.91 Å². The fraction of sp³-hybridized carbons (Fsp3) is 0.500. The van der Waals surface area contributed by atoms with Crippen molar-refractivity contribution in [2.45, 2.75) is 51.6 Å². The number of amides is 2. The molecule has 6 nitrogen and oxygen atoms in total. The molecule has 0 heterocycles. The van der Waals surface area contributed by atoms with Crippen LogP contribution in [0.25, 0.3) is 0 Å². The number of hydrogen-bond donors (Lipinski definition) is 3. The second-order valence-corrected chi connectivity index (χ2v) is 8.02. The Morgan fingerprint density at radius 1 is 1.30 bits per heavy atom. The van der Waals surface area contributed by atoms with E-state index in [9.17, 15) is 9.59 Å². The molecular formula is C20H29BrN4O2. The lowest BCUT2D eigenvalue weighted by molar-refractivity contribution is -0.114. The predicted octanol–water partition coefficient (Wildman–Crippen LogP) is 2.63. The van der Waals surface area contributed by atoms with E-state index in [-0.39, 0.29) is 18.0 Å². The number of halogens is 1. The summed E-state index contributed by atoms with van der Waals surface area (Å²) < 4.78 is 0.841. The summed E-state index contributed by atoms with van der Waals surface area (Å²) in [5.41, 5.74) is 13.9. The topological polar surface area (TPSA) is 101 Å². The number of carbonyl (C=O) groups excluding carboxylic acids is 2. The van der Waals surface area contributed by atoms with Crippen molar-refractivity contribution in [2.75, 3.05) is 18.0 Å². The number of anilines is 1. The third kappa shape index (κ3) is 5.32. The van der Waals surface area contributed by atoms with Gasteiger partial charge >= 0.3 is 0 Å². The van der Waals surface area contributed by atoms with Gasteiger partial charge in [-0.2, -0.15) is 0 Å². The van der Waals surface area contributed by atoms with Crippen LogP contribution in [0.15, 0.2) is 28.8 Å². The Labute approximate surface area is 169 Å². The third-order valence-electron chi connectivity index (χ3n) is 5.23. The van der Waals surface area contributed by atoms with Crippen molar-refractivity contribution >= 4 is 33.4 Å². The fourth-order valence-corrected chi connectivity index (χ4v) is 4.05. The number of benzene rings is 1. The summed E-state index contributed by atoms with van der Waals surface area (Å²) >= 11 is 3.53. The Kier molecular flexibility index (Phi) is 7.44. The van der Waals surface area contributed by atoms with E-state index in [0.29, 0.717) is 17.6 Å². The first-order chi connectivity index (χ1) is 12.7. The molecule has 0 aromatic heterocycles. The predicted molar refractivity (Wildman–Crippen MR) is 113 cm³/mol. The van der Waals surface area contributed by atoms with Gasteiger partial charge in [0.2, 0.25) is 5.91 Å².